The zero-order valence-corrected chi connectivity index (χ0v) is 10.6. The number of nitrogens with zero attached hydrogens (tertiary/aromatic N) is 3. The van der Waals surface area contributed by atoms with Gasteiger partial charge in [-0.15, -0.1) is 0 Å². The van der Waals surface area contributed by atoms with Gasteiger partial charge >= 0.3 is 6.18 Å². The first-order chi connectivity index (χ1) is 9.99. The number of rotatable bonds is 4. The maximum absolute atomic E-state index is 12.5. The summed E-state index contributed by atoms with van der Waals surface area (Å²) in [6.07, 6.45) is -3.49. The zero-order chi connectivity index (χ0) is 15.3. The van der Waals surface area contributed by atoms with Crippen LogP contribution in [0.1, 0.15) is 5.69 Å². The van der Waals surface area contributed by atoms with Gasteiger partial charge in [-0.3, -0.25) is 0 Å². The van der Waals surface area contributed by atoms with Crippen molar-refractivity contribution in [2.24, 2.45) is 0 Å². The molecule has 1 N–H and O–H groups in total. The Bertz CT molecular complexity index is 650. The SMILES string of the molecule is N#CCOc1ccc(Nc2nccc(C(F)(F)F)n2)cc1. The molecule has 21 heavy (non-hydrogen) atoms. The Morgan fingerprint density at radius 3 is 2.52 bits per heavy atom. The first-order valence-electron chi connectivity index (χ1n) is 5.76. The van der Waals surface area contributed by atoms with E-state index in [-0.39, 0.29) is 12.6 Å². The van der Waals surface area contributed by atoms with Crippen molar-refractivity contribution in [2.75, 3.05) is 11.9 Å². The van der Waals surface area contributed by atoms with Crippen molar-refractivity contribution in [3.8, 4) is 11.8 Å². The maximum atomic E-state index is 12.5. The fraction of sp³-hybridized carbons (Fsp3) is 0.154. The van der Waals surface area contributed by atoms with Gasteiger partial charge in [0.05, 0.1) is 0 Å². The normalized spacial score (nSPS) is 10.8. The topological polar surface area (TPSA) is 70.8 Å². The number of nitriles is 1. The Labute approximate surface area is 118 Å². The number of hydrogen-bond acceptors (Lipinski definition) is 5. The van der Waals surface area contributed by atoms with Gasteiger partial charge in [-0.1, -0.05) is 0 Å². The minimum Gasteiger partial charge on any atom is -0.479 e. The molecular weight excluding hydrogens is 285 g/mol. The van der Waals surface area contributed by atoms with Gasteiger partial charge in [-0.05, 0) is 30.3 Å². The van der Waals surface area contributed by atoms with E-state index in [1.807, 2.05) is 6.07 Å². The Morgan fingerprint density at radius 1 is 1.19 bits per heavy atom. The van der Waals surface area contributed by atoms with E-state index in [9.17, 15) is 13.2 Å². The molecule has 0 radical (unpaired) electrons. The summed E-state index contributed by atoms with van der Waals surface area (Å²) < 4.78 is 42.6. The summed E-state index contributed by atoms with van der Waals surface area (Å²) in [6, 6.07) is 8.93. The molecule has 0 aliphatic rings. The number of alkyl halides is 3. The quantitative estimate of drug-likeness (QED) is 0.938. The van der Waals surface area contributed by atoms with E-state index in [4.69, 9.17) is 10.00 Å². The maximum Gasteiger partial charge on any atom is 0.433 e. The Morgan fingerprint density at radius 2 is 1.90 bits per heavy atom. The van der Waals surface area contributed by atoms with E-state index in [0.717, 1.165) is 12.3 Å². The van der Waals surface area contributed by atoms with Gasteiger partial charge < -0.3 is 10.1 Å². The van der Waals surface area contributed by atoms with Crippen molar-refractivity contribution >= 4 is 11.6 Å². The molecule has 108 valence electrons. The van der Waals surface area contributed by atoms with Crippen molar-refractivity contribution < 1.29 is 17.9 Å². The number of anilines is 2. The number of nitrogens with one attached hydrogen (secondary N) is 1. The van der Waals surface area contributed by atoms with Crippen molar-refractivity contribution in [1.29, 1.82) is 5.26 Å². The van der Waals surface area contributed by atoms with E-state index >= 15 is 0 Å². The highest BCUT2D eigenvalue weighted by Crippen LogP contribution is 2.28. The number of hydrogen-bond donors (Lipinski definition) is 1. The van der Waals surface area contributed by atoms with E-state index in [1.165, 1.54) is 0 Å². The second-order valence-electron chi connectivity index (χ2n) is 3.86. The third-order valence-corrected chi connectivity index (χ3v) is 2.36. The molecule has 0 spiro atoms. The van der Waals surface area contributed by atoms with Gasteiger partial charge in [-0.25, -0.2) is 9.97 Å². The summed E-state index contributed by atoms with van der Waals surface area (Å²) >= 11 is 0. The van der Waals surface area contributed by atoms with Crippen LogP contribution in [0.5, 0.6) is 5.75 Å². The largest absolute Gasteiger partial charge is 0.479 e. The Balaban J connectivity index is 2.10. The smallest absolute Gasteiger partial charge is 0.433 e. The third kappa shape index (κ3) is 4.07. The van der Waals surface area contributed by atoms with E-state index in [1.54, 1.807) is 24.3 Å². The second kappa shape index (κ2) is 6.09. The first-order valence-corrected chi connectivity index (χ1v) is 5.76. The number of ether oxygens (including phenoxy) is 1. The molecule has 0 aliphatic carbocycles. The molecule has 1 heterocycles. The lowest BCUT2D eigenvalue weighted by Crippen LogP contribution is -2.10. The summed E-state index contributed by atoms with van der Waals surface area (Å²) in [4.78, 5) is 7.11. The number of halogens is 3. The summed E-state index contributed by atoms with van der Waals surface area (Å²) in [7, 11) is 0. The van der Waals surface area contributed by atoms with Crippen LogP contribution in [0, 0.1) is 11.3 Å². The zero-order valence-electron chi connectivity index (χ0n) is 10.6. The summed E-state index contributed by atoms with van der Waals surface area (Å²) in [5, 5.41) is 11.0. The molecule has 1 aromatic heterocycles. The highest BCUT2D eigenvalue weighted by molar-refractivity contribution is 5.54. The Hall–Kier alpha value is -2.82. The lowest BCUT2D eigenvalue weighted by atomic mass is 10.3. The minimum absolute atomic E-state index is 0.0798. The average Bonchev–Trinajstić information content (AvgIpc) is 2.46. The fourth-order valence-corrected chi connectivity index (χ4v) is 1.46. The molecule has 0 bridgehead atoms. The summed E-state index contributed by atoms with van der Waals surface area (Å²) in [5.74, 6) is 0.322. The Kier molecular flexibility index (Phi) is 4.23. The van der Waals surface area contributed by atoms with Crippen LogP contribution >= 0.6 is 0 Å². The lowest BCUT2D eigenvalue weighted by molar-refractivity contribution is -0.141. The van der Waals surface area contributed by atoms with Crippen LogP contribution in [-0.4, -0.2) is 16.6 Å². The summed E-state index contributed by atoms with van der Waals surface area (Å²) in [5.41, 5.74) is -0.521. The summed E-state index contributed by atoms with van der Waals surface area (Å²) in [6.45, 7) is -0.0798. The average molecular weight is 294 g/mol. The van der Waals surface area contributed by atoms with Gasteiger partial charge in [0, 0.05) is 11.9 Å². The molecule has 0 atom stereocenters. The van der Waals surface area contributed by atoms with E-state index in [0.29, 0.717) is 11.4 Å². The molecule has 0 saturated heterocycles. The molecular formula is C13H9F3N4O. The van der Waals surface area contributed by atoms with Crippen LogP contribution in [0.3, 0.4) is 0 Å². The van der Waals surface area contributed by atoms with Crippen molar-refractivity contribution in [3.05, 3.63) is 42.2 Å². The van der Waals surface area contributed by atoms with Gasteiger partial charge in [-0.2, -0.15) is 18.4 Å². The lowest BCUT2D eigenvalue weighted by Gasteiger charge is -2.09. The molecule has 0 aliphatic heterocycles. The molecule has 2 rings (SSSR count). The van der Waals surface area contributed by atoms with Gasteiger partial charge in [0.15, 0.2) is 6.61 Å². The number of benzene rings is 1. The molecule has 2 aromatic rings. The second-order valence-corrected chi connectivity index (χ2v) is 3.86. The molecule has 0 saturated carbocycles. The van der Waals surface area contributed by atoms with Crippen LogP contribution in [0.25, 0.3) is 0 Å². The highest BCUT2D eigenvalue weighted by Gasteiger charge is 2.32. The van der Waals surface area contributed by atoms with Crippen LogP contribution < -0.4 is 10.1 Å². The fourth-order valence-electron chi connectivity index (χ4n) is 1.46. The van der Waals surface area contributed by atoms with Gasteiger partial charge in [0.1, 0.15) is 17.5 Å². The van der Waals surface area contributed by atoms with Crippen LogP contribution in [-0.2, 0) is 6.18 Å². The molecule has 0 unspecified atom stereocenters. The van der Waals surface area contributed by atoms with E-state index in [2.05, 4.69) is 15.3 Å². The molecule has 1 aromatic carbocycles. The van der Waals surface area contributed by atoms with Crippen LogP contribution in [0.15, 0.2) is 36.5 Å². The van der Waals surface area contributed by atoms with Crippen molar-refractivity contribution in [3.63, 3.8) is 0 Å². The molecule has 0 amide bonds. The molecule has 0 fully saturated rings. The molecule has 5 nitrogen and oxygen atoms in total. The highest BCUT2D eigenvalue weighted by atomic mass is 19.4. The predicted molar refractivity (Wildman–Crippen MR) is 67.9 cm³/mol. The van der Waals surface area contributed by atoms with Gasteiger partial charge in [0.25, 0.3) is 0 Å². The van der Waals surface area contributed by atoms with E-state index < -0.39 is 11.9 Å². The van der Waals surface area contributed by atoms with Crippen molar-refractivity contribution in [2.45, 2.75) is 6.18 Å². The van der Waals surface area contributed by atoms with Gasteiger partial charge in [0.2, 0.25) is 5.95 Å². The standard InChI is InChI=1S/C13H9F3N4O/c14-13(15,16)11-5-7-18-12(20-11)19-9-1-3-10(4-2-9)21-8-6-17/h1-5,7H,8H2,(H,18,19,20). The van der Waals surface area contributed by atoms with Crippen molar-refractivity contribution in [1.82, 2.24) is 9.97 Å². The van der Waals surface area contributed by atoms with Crippen LogP contribution in [0.2, 0.25) is 0 Å². The predicted octanol–water partition coefficient (Wildman–Crippen LogP) is 3.14. The minimum atomic E-state index is -4.52. The van der Waals surface area contributed by atoms with Crippen LogP contribution in [0.4, 0.5) is 24.8 Å². The third-order valence-electron chi connectivity index (χ3n) is 2.36. The monoisotopic (exact) mass is 294 g/mol. The first kappa shape index (κ1) is 14.6. The molecule has 8 heteroatoms. The number of aromatic nitrogens is 2.